The van der Waals surface area contributed by atoms with Crippen LogP contribution in [-0.2, 0) is 0 Å². The molecule has 0 aromatic carbocycles. The Hall–Kier alpha value is -2.28. The van der Waals surface area contributed by atoms with Crippen LogP contribution in [0.2, 0.25) is 0 Å². The zero-order chi connectivity index (χ0) is 14.0. The zero-order valence-electron chi connectivity index (χ0n) is 10.8. The van der Waals surface area contributed by atoms with Crippen molar-refractivity contribution < 1.29 is 4.92 Å². The second-order valence-electron chi connectivity index (χ2n) is 4.99. The average molecular weight is 261 g/mol. The van der Waals surface area contributed by atoms with Gasteiger partial charge in [-0.3, -0.25) is 15.1 Å². The van der Waals surface area contributed by atoms with Crippen LogP contribution in [0.3, 0.4) is 0 Å². The lowest BCUT2D eigenvalue weighted by molar-refractivity contribution is -0.384. The molecule has 0 radical (unpaired) electrons. The van der Waals surface area contributed by atoms with Gasteiger partial charge in [-0.25, -0.2) is 4.98 Å². The summed E-state index contributed by atoms with van der Waals surface area (Å²) in [6, 6.07) is 3.49. The van der Waals surface area contributed by atoms with Crippen LogP contribution >= 0.6 is 0 Å². The molecule has 0 amide bonds. The van der Waals surface area contributed by atoms with Gasteiger partial charge in [0.05, 0.1) is 10.4 Å². The van der Waals surface area contributed by atoms with Crippen LogP contribution in [0, 0.1) is 10.1 Å². The quantitative estimate of drug-likeness (QED) is 0.640. The molecule has 0 spiro atoms. The van der Waals surface area contributed by atoms with Crippen LogP contribution in [-0.4, -0.2) is 27.0 Å². The molecule has 0 aliphatic carbocycles. The SMILES string of the molecule is CC(C)(N)CNc1c([N+](=O)[O-])cnc2cccnc12. The van der Waals surface area contributed by atoms with E-state index in [0.29, 0.717) is 23.3 Å². The molecule has 0 fully saturated rings. The molecule has 19 heavy (non-hydrogen) atoms. The van der Waals surface area contributed by atoms with E-state index in [9.17, 15) is 10.1 Å². The number of pyridine rings is 2. The molecular formula is C12H15N5O2. The van der Waals surface area contributed by atoms with Crippen molar-refractivity contribution in [2.45, 2.75) is 19.4 Å². The van der Waals surface area contributed by atoms with E-state index in [-0.39, 0.29) is 5.69 Å². The first kappa shape index (κ1) is 13.2. The summed E-state index contributed by atoms with van der Waals surface area (Å²) < 4.78 is 0. The summed E-state index contributed by atoms with van der Waals surface area (Å²) in [4.78, 5) is 18.8. The number of nitro groups is 1. The number of hydrogen-bond donors (Lipinski definition) is 2. The fourth-order valence-electron chi connectivity index (χ4n) is 1.64. The maximum absolute atomic E-state index is 11.1. The summed E-state index contributed by atoms with van der Waals surface area (Å²) >= 11 is 0. The Morgan fingerprint density at radius 2 is 2.21 bits per heavy atom. The van der Waals surface area contributed by atoms with E-state index >= 15 is 0 Å². The molecular weight excluding hydrogens is 246 g/mol. The molecule has 7 heteroatoms. The van der Waals surface area contributed by atoms with Gasteiger partial charge in [-0.05, 0) is 26.0 Å². The van der Waals surface area contributed by atoms with E-state index in [2.05, 4.69) is 15.3 Å². The summed E-state index contributed by atoms with van der Waals surface area (Å²) in [5, 5.41) is 14.1. The molecule has 0 saturated heterocycles. The Bertz CT molecular complexity index is 621. The van der Waals surface area contributed by atoms with Gasteiger partial charge < -0.3 is 11.1 Å². The van der Waals surface area contributed by atoms with E-state index in [4.69, 9.17) is 5.73 Å². The van der Waals surface area contributed by atoms with Gasteiger partial charge in [0.2, 0.25) is 0 Å². The van der Waals surface area contributed by atoms with Crippen LogP contribution < -0.4 is 11.1 Å². The van der Waals surface area contributed by atoms with E-state index in [1.165, 1.54) is 6.20 Å². The van der Waals surface area contributed by atoms with Gasteiger partial charge >= 0.3 is 5.69 Å². The van der Waals surface area contributed by atoms with Crippen LogP contribution in [0.5, 0.6) is 0 Å². The fourth-order valence-corrected chi connectivity index (χ4v) is 1.64. The molecule has 0 unspecified atom stereocenters. The molecule has 0 bridgehead atoms. The highest BCUT2D eigenvalue weighted by Crippen LogP contribution is 2.30. The van der Waals surface area contributed by atoms with Crippen molar-refractivity contribution in [3.05, 3.63) is 34.6 Å². The zero-order valence-corrected chi connectivity index (χ0v) is 10.8. The van der Waals surface area contributed by atoms with Gasteiger partial charge in [0.25, 0.3) is 0 Å². The maximum Gasteiger partial charge on any atom is 0.312 e. The summed E-state index contributed by atoms with van der Waals surface area (Å²) in [5.74, 6) is 0. The topological polar surface area (TPSA) is 107 Å². The number of nitrogens with zero attached hydrogens (tertiary/aromatic N) is 3. The van der Waals surface area contributed by atoms with Gasteiger partial charge in [0.1, 0.15) is 17.4 Å². The van der Waals surface area contributed by atoms with Gasteiger partial charge in [-0.1, -0.05) is 0 Å². The second kappa shape index (κ2) is 4.77. The number of anilines is 1. The molecule has 0 aliphatic heterocycles. The Morgan fingerprint density at radius 1 is 1.47 bits per heavy atom. The third-order valence-corrected chi connectivity index (χ3v) is 2.52. The van der Waals surface area contributed by atoms with Crippen molar-refractivity contribution >= 4 is 22.4 Å². The standard InChI is InChI=1S/C12H15N5O2/c1-12(2,13)7-16-11-9(17(18)19)6-15-8-4-3-5-14-10(8)11/h3-6H,7,13H2,1-2H3,(H,15,16). The molecule has 0 atom stereocenters. The molecule has 7 nitrogen and oxygen atoms in total. The molecule has 0 aliphatic rings. The normalized spacial score (nSPS) is 11.5. The predicted octanol–water partition coefficient (Wildman–Crippen LogP) is 1.69. The molecule has 2 aromatic heterocycles. The minimum atomic E-state index is -0.488. The third kappa shape index (κ3) is 2.94. The second-order valence-corrected chi connectivity index (χ2v) is 4.99. The van der Waals surface area contributed by atoms with Gasteiger partial charge in [0.15, 0.2) is 0 Å². The number of nitrogens with one attached hydrogen (secondary N) is 1. The Labute approximate surface area is 110 Å². The number of aromatic nitrogens is 2. The highest BCUT2D eigenvalue weighted by atomic mass is 16.6. The summed E-state index contributed by atoms with van der Waals surface area (Å²) in [5.41, 5.74) is 6.73. The van der Waals surface area contributed by atoms with E-state index < -0.39 is 10.5 Å². The van der Waals surface area contributed by atoms with E-state index in [1.807, 2.05) is 13.8 Å². The molecule has 0 saturated carbocycles. The van der Waals surface area contributed by atoms with Crippen molar-refractivity contribution in [1.82, 2.24) is 9.97 Å². The predicted molar refractivity (Wildman–Crippen MR) is 72.9 cm³/mol. The Balaban J connectivity index is 2.53. The monoisotopic (exact) mass is 261 g/mol. The summed E-state index contributed by atoms with van der Waals surface area (Å²) in [6.07, 6.45) is 2.81. The van der Waals surface area contributed by atoms with Crippen molar-refractivity contribution in [3.63, 3.8) is 0 Å². The number of nitrogens with two attached hydrogens (primary N) is 1. The highest BCUT2D eigenvalue weighted by molar-refractivity contribution is 5.92. The first-order chi connectivity index (χ1) is 8.88. The average Bonchev–Trinajstić information content (AvgIpc) is 2.34. The number of hydrogen-bond acceptors (Lipinski definition) is 6. The Kier molecular flexibility index (Phi) is 3.30. The molecule has 2 rings (SSSR count). The molecule has 100 valence electrons. The lowest BCUT2D eigenvalue weighted by atomic mass is 10.1. The smallest absolute Gasteiger partial charge is 0.312 e. The van der Waals surface area contributed by atoms with Crippen LogP contribution in [0.25, 0.3) is 11.0 Å². The van der Waals surface area contributed by atoms with Crippen LogP contribution in [0.15, 0.2) is 24.5 Å². The first-order valence-corrected chi connectivity index (χ1v) is 5.79. The van der Waals surface area contributed by atoms with Crippen molar-refractivity contribution in [1.29, 1.82) is 0 Å². The fraction of sp³-hybridized carbons (Fsp3) is 0.333. The lowest BCUT2D eigenvalue weighted by Crippen LogP contribution is -2.39. The highest BCUT2D eigenvalue weighted by Gasteiger charge is 2.20. The van der Waals surface area contributed by atoms with Gasteiger partial charge in [-0.2, -0.15) is 0 Å². The number of rotatable bonds is 4. The van der Waals surface area contributed by atoms with Crippen LogP contribution in [0.4, 0.5) is 11.4 Å². The molecule has 2 heterocycles. The van der Waals surface area contributed by atoms with Gasteiger partial charge in [0, 0.05) is 18.3 Å². The molecule has 3 N–H and O–H groups in total. The van der Waals surface area contributed by atoms with Crippen molar-refractivity contribution in [2.24, 2.45) is 5.73 Å². The van der Waals surface area contributed by atoms with Gasteiger partial charge in [-0.15, -0.1) is 0 Å². The third-order valence-electron chi connectivity index (χ3n) is 2.52. The van der Waals surface area contributed by atoms with E-state index in [1.54, 1.807) is 18.3 Å². The van der Waals surface area contributed by atoms with Crippen LogP contribution in [0.1, 0.15) is 13.8 Å². The van der Waals surface area contributed by atoms with E-state index in [0.717, 1.165) is 0 Å². The van der Waals surface area contributed by atoms with Crippen molar-refractivity contribution in [2.75, 3.05) is 11.9 Å². The lowest BCUT2D eigenvalue weighted by Gasteiger charge is -2.20. The first-order valence-electron chi connectivity index (χ1n) is 5.79. The summed E-state index contributed by atoms with van der Waals surface area (Å²) in [6.45, 7) is 4.06. The minimum Gasteiger partial charge on any atom is -0.376 e. The van der Waals surface area contributed by atoms with Crippen molar-refractivity contribution in [3.8, 4) is 0 Å². The molecule has 2 aromatic rings. The number of fused-ring (bicyclic) bond motifs is 1. The Morgan fingerprint density at radius 3 is 2.84 bits per heavy atom. The largest absolute Gasteiger partial charge is 0.376 e. The summed E-state index contributed by atoms with van der Waals surface area (Å²) in [7, 11) is 0. The minimum absolute atomic E-state index is 0.101. The maximum atomic E-state index is 11.1.